The summed E-state index contributed by atoms with van der Waals surface area (Å²) in [5, 5.41) is 0. The van der Waals surface area contributed by atoms with Crippen LogP contribution < -0.4 is 4.74 Å². The largest absolute Gasteiger partial charge is 0.482 e. The number of benzene rings is 1. The first-order valence-corrected chi connectivity index (χ1v) is 8.56. The smallest absolute Gasteiger partial charge is 0.415 e. The number of ether oxygens (including phenoxy) is 2. The molecule has 0 N–H and O–H groups in total. The highest BCUT2D eigenvalue weighted by Gasteiger charge is 2.34. The molecule has 0 spiro atoms. The van der Waals surface area contributed by atoms with E-state index in [1.807, 2.05) is 52.8 Å². The monoisotopic (exact) mass is 350 g/mol. The van der Waals surface area contributed by atoms with Crippen molar-refractivity contribution >= 4 is 11.9 Å². The number of amidine groups is 1. The molecule has 1 aliphatic rings. The minimum atomic E-state index is -0.625. The van der Waals surface area contributed by atoms with Gasteiger partial charge in [0.2, 0.25) is 0 Å². The van der Waals surface area contributed by atoms with Crippen LogP contribution in [0.5, 0.6) is 5.75 Å². The number of carbonyl (C=O) groups excluding carboxylic acids is 1. The van der Waals surface area contributed by atoms with Crippen LogP contribution in [0.3, 0.4) is 0 Å². The third-order valence-corrected chi connectivity index (χ3v) is 3.97. The van der Waals surface area contributed by atoms with Crippen LogP contribution in [0.1, 0.15) is 38.3 Å². The van der Waals surface area contributed by atoms with Gasteiger partial charge in [-0.15, -0.1) is 0 Å². The maximum Gasteiger partial charge on any atom is 0.415 e. The van der Waals surface area contributed by atoms with Crippen molar-refractivity contribution in [3.05, 3.63) is 29.3 Å². The highest BCUT2D eigenvalue weighted by atomic mass is 19.1. The molecule has 0 saturated heterocycles. The summed E-state index contributed by atoms with van der Waals surface area (Å²) >= 11 is 0. The molecular weight excluding hydrogens is 323 g/mol. The van der Waals surface area contributed by atoms with Gasteiger partial charge in [-0.3, -0.25) is 14.3 Å². The number of amides is 1. The number of aryl methyl sites for hydroxylation is 1. The number of halogens is 1. The number of rotatable bonds is 5. The molecule has 0 aromatic heterocycles. The van der Waals surface area contributed by atoms with E-state index in [-0.39, 0.29) is 6.42 Å². The van der Waals surface area contributed by atoms with Gasteiger partial charge < -0.3 is 9.47 Å². The predicted octanol–water partition coefficient (Wildman–Crippen LogP) is 4.06. The first kappa shape index (κ1) is 19.2. The lowest BCUT2D eigenvalue weighted by atomic mass is 10.1. The molecule has 1 aromatic carbocycles. The van der Waals surface area contributed by atoms with Crippen molar-refractivity contribution in [1.29, 1.82) is 0 Å². The van der Waals surface area contributed by atoms with Crippen molar-refractivity contribution in [2.24, 2.45) is 4.99 Å². The third kappa shape index (κ3) is 4.94. The molecule has 0 bridgehead atoms. The average Bonchev–Trinajstić information content (AvgIpc) is 2.99. The molecule has 1 atom stereocenters. The maximum atomic E-state index is 13.1. The third-order valence-electron chi connectivity index (χ3n) is 3.97. The Hall–Kier alpha value is -2.11. The number of hydrogen-bond acceptors (Lipinski definition) is 4. The fourth-order valence-electron chi connectivity index (χ4n) is 2.59. The van der Waals surface area contributed by atoms with E-state index in [9.17, 15) is 9.18 Å². The van der Waals surface area contributed by atoms with Crippen LogP contribution in [-0.2, 0) is 4.74 Å². The van der Waals surface area contributed by atoms with E-state index in [0.717, 1.165) is 11.1 Å². The lowest BCUT2D eigenvalue weighted by Crippen LogP contribution is -2.45. The lowest BCUT2D eigenvalue weighted by Gasteiger charge is -2.28. The fraction of sp³-hybridized carbons (Fsp3) is 0.579. The van der Waals surface area contributed by atoms with Crippen molar-refractivity contribution < 1.29 is 18.7 Å². The van der Waals surface area contributed by atoms with Crippen molar-refractivity contribution in [2.75, 3.05) is 19.8 Å². The van der Waals surface area contributed by atoms with E-state index in [2.05, 4.69) is 4.99 Å². The Bertz CT molecular complexity index is 653. The van der Waals surface area contributed by atoms with E-state index < -0.39 is 24.5 Å². The molecule has 6 heteroatoms. The maximum absolute atomic E-state index is 13.1. The molecule has 0 radical (unpaired) electrons. The number of alkyl halides is 1. The zero-order valence-electron chi connectivity index (χ0n) is 15.6. The van der Waals surface area contributed by atoms with Gasteiger partial charge in [0.05, 0.1) is 19.8 Å². The normalized spacial score (nSPS) is 15.8. The summed E-state index contributed by atoms with van der Waals surface area (Å²) in [6.07, 6.45) is -0.969. The van der Waals surface area contributed by atoms with Crippen LogP contribution in [0.4, 0.5) is 9.18 Å². The Morgan fingerprint density at radius 2 is 2.08 bits per heavy atom. The topological polar surface area (TPSA) is 51.1 Å². The Labute approximate surface area is 148 Å². The van der Waals surface area contributed by atoms with Crippen molar-refractivity contribution in [3.63, 3.8) is 0 Å². The van der Waals surface area contributed by atoms with Gasteiger partial charge in [0.1, 0.15) is 11.4 Å². The first-order chi connectivity index (χ1) is 11.7. The Balaban J connectivity index is 2.20. The zero-order chi connectivity index (χ0) is 18.6. The number of carbonyl (C=O) groups is 1. The second-order valence-corrected chi connectivity index (χ2v) is 7.15. The standard InChI is InChI=1S/C19H27FN2O3/c1-13-7-6-8-15(14(13)2)24-16(9-10-20)17-21-11-12-22(17)18(23)25-19(3,4)5/h6-8,16H,9-12H2,1-5H3. The van der Waals surface area contributed by atoms with E-state index >= 15 is 0 Å². The van der Waals surface area contributed by atoms with Crippen LogP contribution in [0.2, 0.25) is 0 Å². The molecule has 0 fully saturated rings. The summed E-state index contributed by atoms with van der Waals surface area (Å²) in [5.74, 6) is 1.12. The van der Waals surface area contributed by atoms with Gasteiger partial charge in [-0.25, -0.2) is 4.79 Å². The molecule has 1 heterocycles. The molecule has 2 rings (SSSR count). The van der Waals surface area contributed by atoms with Gasteiger partial charge >= 0.3 is 6.09 Å². The molecule has 25 heavy (non-hydrogen) atoms. The summed E-state index contributed by atoms with van der Waals surface area (Å²) in [6.45, 7) is 9.70. The summed E-state index contributed by atoms with van der Waals surface area (Å²) in [4.78, 5) is 18.3. The van der Waals surface area contributed by atoms with Crippen LogP contribution in [0, 0.1) is 13.8 Å². The van der Waals surface area contributed by atoms with E-state index in [0.29, 0.717) is 24.7 Å². The van der Waals surface area contributed by atoms with Crippen molar-refractivity contribution in [3.8, 4) is 5.75 Å². The molecule has 1 aromatic rings. The minimum Gasteiger partial charge on any atom is -0.482 e. The molecular formula is C19H27FN2O3. The highest BCUT2D eigenvalue weighted by Crippen LogP contribution is 2.24. The second-order valence-electron chi connectivity index (χ2n) is 7.15. The zero-order valence-corrected chi connectivity index (χ0v) is 15.6. The molecule has 1 aliphatic heterocycles. The lowest BCUT2D eigenvalue weighted by molar-refractivity contribution is 0.0368. The van der Waals surface area contributed by atoms with Crippen LogP contribution >= 0.6 is 0 Å². The van der Waals surface area contributed by atoms with Crippen molar-refractivity contribution in [2.45, 2.75) is 52.7 Å². The number of aliphatic imine (C=N–C) groups is 1. The van der Waals surface area contributed by atoms with Gasteiger partial charge in [0.25, 0.3) is 0 Å². The quantitative estimate of drug-likeness (QED) is 0.805. The number of nitrogens with zero attached hydrogens (tertiary/aromatic N) is 2. The predicted molar refractivity (Wildman–Crippen MR) is 96.2 cm³/mol. The van der Waals surface area contributed by atoms with E-state index in [1.165, 1.54) is 4.90 Å². The Morgan fingerprint density at radius 1 is 1.36 bits per heavy atom. The average molecular weight is 350 g/mol. The van der Waals surface area contributed by atoms with Crippen LogP contribution in [0.15, 0.2) is 23.2 Å². The second kappa shape index (κ2) is 7.85. The van der Waals surface area contributed by atoms with Crippen LogP contribution in [0.25, 0.3) is 0 Å². The van der Waals surface area contributed by atoms with E-state index in [4.69, 9.17) is 9.47 Å². The summed E-state index contributed by atoms with van der Waals surface area (Å²) in [6, 6.07) is 5.74. The van der Waals surface area contributed by atoms with Gasteiger partial charge in [-0.05, 0) is 51.8 Å². The Morgan fingerprint density at radius 3 is 2.72 bits per heavy atom. The molecule has 1 unspecified atom stereocenters. The van der Waals surface area contributed by atoms with Gasteiger partial charge in [0, 0.05) is 6.42 Å². The van der Waals surface area contributed by atoms with Gasteiger partial charge in [-0.1, -0.05) is 12.1 Å². The Kier molecular flexibility index (Phi) is 6.03. The summed E-state index contributed by atoms with van der Waals surface area (Å²) in [7, 11) is 0. The number of hydrogen-bond donors (Lipinski definition) is 0. The van der Waals surface area contributed by atoms with Gasteiger partial charge in [0.15, 0.2) is 11.9 Å². The molecule has 1 amide bonds. The minimum absolute atomic E-state index is 0.130. The van der Waals surface area contributed by atoms with Crippen molar-refractivity contribution in [1.82, 2.24) is 4.90 Å². The van der Waals surface area contributed by atoms with Gasteiger partial charge in [-0.2, -0.15) is 0 Å². The fourth-order valence-corrected chi connectivity index (χ4v) is 2.59. The SMILES string of the molecule is Cc1cccc(OC(CCF)C2=NCCN2C(=O)OC(C)(C)C)c1C. The molecule has 0 aliphatic carbocycles. The molecule has 138 valence electrons. The molecule has 5 nitrogen and oxygen atoms in total. The highest BCUT2D eigenvalue weighted by molar-refractivity contribution is 5.99. The molecule has 0 saturated carbocycles. The summed E-state index contributed by atoms with van der Waals surface area (Å²) < 4.78 is 24.6. The van der Waals surface area contributed by atoms with E-state index in [1.54, 1.807) is 0 Å². The summed E-state index contributed by atoms with van der Waals surface area (Å²) in [5.41, 5.74) is 1.48. The first-order valence-electron chi connectivity index (χ1n) is 8.56. The van der Waals surface area contributed by atoms with Crippen LogP contribution in [-0.4, -0.2) is 48.3 Å².